The van der Waals surface area contributed by atoms with Crippen molar-refractivity contribution in [2.24, 2.45) is 0 Å². The number of piperazine rings is 1. The Labute approximate surface area is 143 Å². The molecule has 0 bridgehead atoms. The molecule has 2 atom stereocenters. The number of rotatable bonds is 5. The van der Waals surface area contributed by atoms with Crippen LogP contribution in [0.3, 0.4) is 0 Å². The molecule has 0 aromatic heterocycles. The van der Waals surface area contributed by atoms with Gasteiger partial charge in [0.05, 0.1) is 12.2 Å². The monoisotopic (exact) mass is 321 g/mol. The van der Waals surface area contributed by atoms with Gasteiger partial charge < -0.3 is 5.11 Å². The van der Waals surface area contributed by atoms with Crippen molar-refractivity contribution >= 4 is 0 Å². The molecule has 0 radical (unpaired) electrons. The number of benzene rings is 2. The highest BCUT2D eigenvalue weighted by atomic mass is 16.3. The summed E-state index contributed by atoms with van der Waals surface area (Å²) in [6.07, 6.45) is -0.460. The van der Waals surface area contributed by atoms with Gasteiger partial charge in [-0.25, -0.2) is 0 Å². The highest BCUT2D eigenvalue weighted by molar-refractivity contribution is 5.24. The maximum absolute atomic E-state index is 10.4. The summed E-state index contributed by atoms with van der Waals surface area (Å²) in [7, 11) is 0. The summed E-state index contributed by atoms with van der Waals surface area (Å²) in [5.41, 5.74) is 2.01. The zero-order chi connectivity index (χ0) is 16.8. The molecule has 2 aromatic carbocycles. The summed E-state index contributed by atoms with van der Waals surface area (Å²) in [4.78, 5) is 4.49. The minimum absolute atomic E-state index is 0.188. The van der Waals surface area contributed by atoms with Crippen molar-refractivity contribution in [1.82, 2.24) is 9.80 Å². The maximum atomic E-state index is 10.4. The van der Waals surface area contributed by atoms with Crippen molar-refractivity contribution in [1.29, 1.82) is 5.26 Å². The Morgan fingerprint density at radius 2 is 1.42 bits per heavy atom. The second kappa shape index (κ2) is 8.07. The fourth-order valence-corrected chi connectivity index (χ4v) is 3.23. The molecule has 1 saturated heterocycles. The van der Waals surface area contributed by atoms with Crippen LogP contribution in [0.4, 0.5) is 0 Å². The van der Waals surface area contributed by atoms with Crippen LogP contribution in [0.1, 0.15) is 23.3 Å². The van der Waals surface area contributed by atoms with E-state index in [0.29, 0.717) is 6.54 Å². The van der Waals surface area contributed by atoms with Gasteiger partial charge in [0.2, 0.25) is 0 Å². The molecule has 1 aliphatic heterocycles. The lowest BCUT2D eigenvalue weighted by Crippen LogP contribution is -2.48. The van der Waals surface area contributed by atoms with Gasteiger partial charge in [-0.3, -0.25) is 9.80 Å². The van der Waals surface area contributed by atoms with Crippen LogP contribution in [0.2, 0.25) is 0 Å². The van der Waals surface area contributed by atoms with Crippen LogP contribution in [0, 0.1) is 11.3 Å². The Kier molecular flexibility index (Phi) is 5.60. The highest BCUT2D eigenvalue weighted by Gasteiger charge is 2.25. The molecule has 0 saturated carbocycles. The molecule has 0 amide bonds. The predicted molar refractivity (Wildman–Crippen MR) is 94.2 cm³/mol. The van der Waals surface area contributed by atoms with E-state index in [1.165, 1.54) is 0 Å². The summed E-state index contributed by atoms with van der Waals surface area (Å²) in [5, 5.41) is 19.9. The van der Waals surface area contributed by atoms with Gasteiger partial charge in [0.1, 0.15) is 6.04 Å². The van der Waals surface area contributed by atoms with Crippen LogP contribution in [-0.4, -0.2) is 47.6 Å². The van der Waals surface area contributed by atoms with Crippen LogP contribution in [0.15, 0.2) is 60.7 Å². The standard InChI is InChI=1S/C20H23N3O/c21-15-19(17-7-3-1-4-8-17)23-13-11-22(12-14-23)16-20(24)18-9-5-2-6-10-18/h1-10,19-20,24H,11-14,16H2. The zero-order valence-electron chi connectivity index (χ0n) is 13.8. The summed E-state index contributed by atoms with van der Waals surface area (Å²) in [5.74, 6) is 0. The minimum Gasteiger partial charge on any atom is -0.387 e. The molecule has 2 unspecified atom stereocenters. The molecule has 1 fully saturated rings. The van der Waals surface area contributed by atoms with Gasteiger partial charge in [-0.05, 0) is 11.1 Å². The van der Waals surface area contributed by atoms with Crippen molar-refractivity contribution in [2.45, 2.75) is 12.1 Å². The first kappa shape index (κ1) is 16.7. The fourth-order valence-electron chi connectivity index (χ4n) is 3.23. The largest absolute Gasteiger partial charge is 0.387 e. The van der Waals surface area contributed by atoms with Gasteiger partial charge >= 0.3 is 0 Å². The van der Waals surface area contributed by atoms with Crippen molar-refractivity contribution in [3.63, 3.8) is 0 Å². The third kappa shape index (κ3) is 4.01. The number of nitrogens with zero attached hydrogens (tertiary/aromatic N) is 3. The lowest BCUT2D eigenvalue weighted by molar-refractivity contribution is 0.0644. The van der Waals surface area contributed by atoms with Gasteiger partial charge in [0.25, 0.3) is 0 Å². The quantitative estimate of drug-likeness (QED) is 0.920. The third-order valence-electron chi connectivity index (χ3n) is 4.63. The lowest BCUT2D eigenvalue weighted by atomic mass is 10.1. The summed E-state index contributed by atoms with van der Waals surface area (Å²) in [6, 6.07) is 22.0. The van der Waals surface area contributed by atoms with E-state index >= 15 is 0 Å². The van der Waals surface area contributed by atoms with Gasteiger partial charge in [-0.15, -0.1) is 0 Å². The Balaban J connectivity index is 1.55. The van der Waals surface area contributed by atoms with E-state index in [1.807, 2.05) is 60.7 Å². The molecule has 0 aliphatic carbocycles. The Morgan fingerprint density at radius 1 is 0.875 bits per heavy atom. The van der Waals surface area contributed by atoms with Crippen LogP contribution in [0.5, 0.6) is 0 Å². The lowest BCUT2D eigenvalue weighted by Gasteiger charge is -2.37. The van der Waals surface area contributed by atoms with E-state index in [2.05, 4.69) is 15.9 Å². The van der Waals surface area contributed by atoms with Crippen LogP contribution in [0.25, 0.3) is 0 Å². The number of aliphatic hydroxyl groups excluding tert-OH is 1. The molecule has 4 nitrogen and oxygen atoms in total. The molecule has 24 heavy (non-hydrogen) atoms. The Bertz CT molecular complexity index is 660. The molecular formula is C20H23N3O. The second-order valence-corrected chi connectivity index (χ2v) is 6.21. The first-order chi connectivity index (χ1) is 11.8. The molecule has 0 spiro atoms. The van der Waals surface area contributed by atoms with E-state index in [4.69, 9.17) is 0 Å². The van der Waals surface area contributed by atoms with Crippen LogP contribution in [-0.2, 0) is 0 Å². The summed E-state index contributed by atoms with van der Waals surface area (Å²) < 4.78 is 0. The van der Waals surface area contributed by atoms with Crippen molar-refractivity contribution in [3.05, 3.63) is 71.8 Å². The number of β-amino-alcohol motifs (C(OH)–C–C–N with tert-alkyl or cyclic N) is 1. The normalized spacial score (nSPS) is 18.7. The average Bonchev–Trinajstić information content (AvgIpc) is 2.65. The highest BCUT2D eigenvalue weighted by Crippen LogP contribution is 2.22. The van der Waals surface area contributed by atoms with Gasteiger partial charge in [0.15, 0.2) is 0 Å². The molecule has 1 N–H and O–H groups in total. The van der Waals surface area contributed by atoms with Gasteiger partial charge in [0, 0.05) is 32.7 Å². The van der Waals surface area contributed by atoms with Crippen molar-refractivity contribution in [2.75, 3.05) is 32.7 Å². The first-order valence-electron chi connectivity index (χ1n) is 8.42. The molecule has 124 valence electrons. The summed E-state index contributed by atoms with van der Waals surface area (Å²) >= 11 is 0. The molecule has 4 heteroatoms. The Hall–Kier alpha value is -2.19. The van der Waals surface area contributed by atoms with Crippen molar-refractivity contribution < 1.29 is 5.11 Å². The summed E-state index contributed by atoms with van der Waals surface area (Å²) in [6.45, 7) is 4.06. The maximum Gasteiger partial charge on any atom is 0.123 e. The smallest absolute Gasteiger partial charge is 0.123 e. The van der Waals surface area contributed by atoms with E-state index in [-0.39, 0.29) is 6.04 Å². The third-order valence-corrected chi connectivity index (χ3v) is 4.63. The van der Waals surface area contributed by atoms with Gasteiger partial charge in [-0.2, -0.15) is 5.26 Å². The minimum atomic E-state index is -0.460. The molecule has 2 aromatic rings. The molecular weight excluding hydrogens is 298 g/mol. The van der Waals surface area contributed by atoms with E-state index in [1.54, 1.807) is 0 Å². The predicted octanol–water partition coefficient (Wildman–Crippen LogP) is 2.60. The second-order valence-electron chi connectivity index (χ2n) is 6.21. The number of nitriles is 1. The SMILES string of the molecule is N#CC(c1ccccc1)N1CCN(CC(O)c2ccccc2)CC1. The van der Waals surface area contributed by atoms with Crippen LogP contribution >= 0.6 is 0 Å². The van der Waals surface area contributed by atoms with E-state index in [0.717, 1.165) is 37.3 Å². The average molecular weight is 321 g/mol. The van der Waals surface area contributed by atoms with Crippen molar-refractivity contribution in [3.8, 4) is 6.07 Å². The first-order valence-corrected chi connectivity index (χ1v) is 8.42. The molecule has 3 rings (SSSR count). The molecule has 1 heterocycles. The van der Waals surface area contributed by atoms with E-state index in [9.17, 15) is 10.4 Å². The number of aliphatic hydroxyl groups is 1. The van der Waals surface area contributed by atoms with Gasteiger partial charge in [-0.1, -0.05) is 60.7 Å². The van der Waals surface area contributed by atoms with Crippen LogP contribution < -0.4 is 0 Å². The zero-order valence-corrected chi connectivity index (χ0v) is 13.8. The number of hydrogen-bond acceptors (Lipinski definition) is 4. The van der Waals surface area contributed by atoms with E-state index < -0.39 is 6.10 Å². The molecule has 1 aliphatic rings. The Morgan fingerprint density at radius 3 is 1.96 bits per heavy atom. The topological polar surface area (TPSA) is 50.5 Å². The fraction of sp³-hybridized carbons (Fsp3) is 0.350. The number of hydrogen-bond donors (Lipinski definition) is 1.